The van der Waals surface area contributed by atoms with Crippen molar-refractivity contribution in [2.24, 2.45) is 0 Å². The van der Waals surface area contributed by atoms with Crippen molar-refractivity contribution in [1.29, 1.82) is 5.26 Å². The molecule has 0 radical (unpaired) electrons. The highest BCUT2D eigenvalue weighted by molar-refractivity contribution is 5.54. The van der Waals surface area contributed by atoms with Crippen molar-refractivity contribution in [2.45, 2.75) is 0 Å². The molecule has 3 rings (SSSR count). The second-order valence-corrected chi connectivity index (χ2v) is 3.27. The van der Waals surface area contributed by atoms with Crippen molar-refractivity contribution in [2.75, 3.05) is 0 Å². The largest absolute Gasteiger partial charge is 0.356 e. The van der Waals surface area contributed by atoms with Gasteiger partial charge in [0.25, 0.3) is 5.89 Å². The smallest absolute Gasteiger partial charge is 0.274 e. The Balaban J connectivity index is 1.98. The Labute approximate surface area is 95.1 Å². The van der Waals surface area contributed by atoms with Crippen molar-refractivity contribution >= 4 is 0 Å². The molecule has 3 aromatic rings. The summed E-state index contributed by atoms with van der Waals surface area (Å²) in [4.78, 5) is 13.9. The molecule has 7 heteroatoms. The van der Waals surface area contributed by atoms with Crippen LogP contribution in [0.1, 0.15) is 5.56 Å². The first-order valence-corrected chi connectivity index (χ1v) is 4.79. The van der Waals surface area contributed by atoms with E-state index in [1.807, 2.05) is 6.07 Å². The van der Waals surface area contributed by atoms with E-state index in [0.29, 0.717) is 28.8 Å². The number of nitrogens with one attached hydrogen (secondary N) is 2. The first-order chi connectivity index (χ1) is 8.36. The molecular weight excluding hydrogens is 220 g/mol. The van der Waals surface area contributed by atoms with Crippen molar-refractivity contribution in [3.63, 3.8) is 0 Å². The number of hydrogen-bond acceptors (Lipinski definition) is 5. The summed E-state index contributed by atoms with van der Waals surface area (Å²) in [6, 6.07) is 3.65. The molecule has 3 heterocycles. The lowest BCUT2D eigenvalue weighted by atomic mass is 10.3. The van der Waals surface area contributed by atoms with Gasteiger partial charge in [-0.1, -0.05) is 5.16 Å². The minimum atomic E-state index is 0.318. The molecule has 82 valence electrons. The summed E-state index contributed by atoms with van der Waals surface area (Å²) in [7, 11) is 0. The fourth-order valence-corrected chi connectivity index (χ4v) is 1.40. The Kier molecular flexibility index (Phi) is 1.98. The molecule has 0 amide bonds. The van der Waals surface area contributed by atoms with Gasteiger partial charge in [-0.15, -0.1) is 0 Å². The zero-order valence-corrected chi connectivity index (χ0v) is 8.51. The van der Waals surface area contributed by atoms with Gasteiger partial charge in [-0.3, -0.25) is 0 Å². The molecule has 0 aliphatic carbocycles. The number of hydrogen-bond donors (Lipinski definition) is 2. The van der Waals surface area contributed by atoms with E-state index in [9.17, 15) is 0 Å². The van der Waals surface area contributed by atoms with E-state index in [1.165, 1.54) is 0 Å². The van der Waals surface area contributed by atoms with Gasteiger partial charge >= 0.3 is 0 Å². The highest BCUT2D eigenvalue weighted by Gasteiger charge is 2.13. The van der Waals surface area contributed by atoms with E-state index in [1.54, 1.807) is 24.7 Å². The summed E-state index contributed by atoms with van der Waals surface area (Å²) in [5.41, 5.74) is 1.12. The van der Waals surface area contributed by atoms with Gasteiger partial charge in [-0.2, -0.15) is 10.2 Å². The van der Waals surface area contributed by atoms with Crippen LogP contribution >= 0.6 is 0 Å². The van der Waals surface area contributed by atoms with E-state index >= 15 is 0 Å². The Morgan fingerprint density at radius 2 is 2.29 bits per heavy atom. The van der Waals surface area contributed by atoms with Gasteiger partial charge in [0.05, 0.1) is 5.56 Å². The number of rotatable bonds is 2. The summed E-state index contributed by atoms with van der Waals surface area (Å²) in [6.07, 6.45) is 4.85. The SMILES string of the molecule is N#Cc1c[nH]c(-c2nc(-c3ncc[nH]3)no2)c1. The van der Waals surface area contributed by atoms with Crippen LogP contribution in [0.4, 0.5) is 0 Å². The Bertz CT molecular complexity index is 672. The molecular formula is C10H6N6O. The van der Waals surface area contributed by atoms with Crippen LogP contribution < -0.4 is 0 Å². The lowest BCUT2D eigenvalue weighted by molar-refractivity contribution is 0.431. The Morgan fingerprint density at radius 1 is 1.35 bits per heavy atom. The summed E-state index contributed by atoms with van der Waals surface area (Å²) >= 11 is 0. The fraction of sp³-hybridized carbons (Fsp3) is 0. The molecule has 0 bridgehead atoms. The number of imidazole rings is 1. The van der Waals surface area contributed by atoms with Crippen molar-refractivity contribution in [3.05, 3.63) is 30.2 Å². The molecule has 0 unspecified atom stereocenters. The predicted molar refractivity (Wildman–Crippen MR) is 56.4 cm³/mol. The van der Waals surface area contributed by atoms with E-state index < -0.39 is 0 Å². The molecule has 0 aliphatic heterocycles. The summed E-state index contributed by atoms with van der Waals surface area (Å²) in [6.45, 7) is 0. The fourth-order valence-electron chi connectivity index (χ4n) is 1.40. The predicted octanol–water partition coefficient (Wildman–Crippen LogP) is 1.33. The minimum absolute atomic E-state index is 0.318. The van der Waals surface area contributed by atoms with Crippen LogP contribution in [0.3, 0.4) is 0 Å². The third-order valence-electron chi connectivity index (χ3n) is 2.18. The molecule has 7 nitrogen and oxygen atoms in total. The average molecular weight is 226 g/mol. The molecule has 0 spiro atoms. The van der Waals surface area contributed by atoms with Gasteiger partial charge in [0.1, 0.15) is 11.8 Å². The molecule has 2 N–H and O–H groups in total. The lowest BCUT2D eigenvalue weighted by Gasteiger charge is -1.84. The average Bonchev–Trinajstić information content (AvgIpc) is 3.09. The third kappa shape index (κ3) is 1.57. The Morgan fingerprint density at radius 3 is 3.00 bits per heavy atom. The lowest BCUT2D eigenvalue weighted by Crippen LogP contribution is -1.82. The molecule has 0 atom stereocenters. The van der Waals surface area contributed by atoms with Gasteiger partial charge in [-0.25, -0.2) is 4.98 Å². The van der Waals surface area contributed by atoms with Crippen molar-refractivity contribution in [1.82, 2.24) is 25.1 Å². The minimum Gasteiger partial charge on any atom is -0.356 e. The standard InChI is InChI=1S/C10H6N6O/c11-4-6-3-7(14-5-6)10-15-9(16-17-10)8-12-1-2-13-8/h1-3,5,14H,(H,12,13). The molecule has 0 aromatic carbocycles. The van der Waals surface area contributed by atoms with Crippen LogP contribution in [0.5, 0.6) is 0 Å². The Hall–Kier alpha value is -2.88. The maximum Gasteiger partial charge on any atom is 0.274 e. The van der Waals surface area contributed by atoms with Crippen LogP contribution in [0, 0.1) is 11.3 Å². The second-order valence-electron chi connectivity index (χ2n) is 3.27. The van der Waals surface area contributed by atoms with Crippen molar-refractivity contribution < 1.29 is 4.52 Å². The van der Waals surface area contributed by atoms with E-state index in [0.717, 1.165) is 0 Å². The van der Waals surface area contributed by atoms with Crippen LogP contribution in [0.25, 0.3) is 23.2 Å². The highest BCUT2D eigenvalue weighted by Crippen LogP contribution is 2.19. The third-order valence-corrected chi connectivity index (χ3v) is 2.18. The quantitative estimate of drug-likeness (QED) is 0.685. The van der Waals surface area contributed by atoms with Gasteiger partial charge < -0.3 is 14.5 Å². The molecule has 3 aromatic heterocycles. The summed E-state index contributed by atoms with van der Waals surface area (Å²) in [5.74, 6) is 1.23. The molecule has 0 saturated carbocycles. The number of nitriles is 1. The van der Waals surface area contributed by atoms with E-state index in [2.05, 4.69) is 25.1 Å². The number of nitrogens with zero attached hydrogens (tertiary/aromatic N) is 4. The zero-order chi connectivity index (χ0) is 11.7. The molecule has 0 aliphatic rings. The summed E-state index contributed by atoms with van der Waals surface area (Å²) < 4.78 is 5.07. The monoisotopic (exact) mass is 226 g/mol. The van der Waals surface area contributed by atoms with Crippen molar-refractivity contribution in [3.8, 4) is 29.3 Å². The number of H-pyrrole nitrogens is 2. The highest BCUT2D eigenvalue weighted by atomic mass is 16.5. The van der Waals surface area contributed by atoms with E-state index in [4.69, 9.17) is 9.78 Å². The van der Waals surface area contributed by atoms with Crippen LogP contribution in [0.2, 0.25) is 0 Å². The molecule has 17 heavy (non-hydrogen) atoms. The first kappa shape index (κ1) is 9.35. The van der Waals surface area contributed by atoms with E-state index in [-0.39, 0.29) is 0 Å². The first-order valence-electron chi connectivity index (χ1n) is 4.79. The second kappa shape index (κ2) is 3.61. The normalized spacial score (nSPS) is 10.3. The molecule has 0 saturated heterocycles. The van der Waals surface area contributed by atoms with Crippen LogP contribution in [0.15, 0.2) is 29.2 Å². The van der Waals surface area contributed by atoms with Gasteiger partial charge in [0, 0.05) is 18.6 Å². The van der Waals surface area contributed by atoms with Gasteiger partial charge in [0.2, 0.25) is 5.82 Å². The van der Waals surface area contributed by atoms with Crippen LogP contribution in [-0.4, -0.2) is 25.1 Å². The van der Waals surface area contributed by atoms with Gasteiger partial charge in [-0.05, 0) is 6.07 Å². The summed E-state index contributed by atoms with van der Waals surface area (Å²) in [5, 5.41) is 12.5. The molecule has 0 fully saturated rings. The number of aromatic amines is 2. The maximum absolute atomic E-state index is 8.70. The zero-order valence-electron chi connectivity index (χ0n) is 8.51. The van der Waals surface area contributed by atoms with Gasteiger partial charge in [0.15, 0.2) is 5.82 Å². The maximum atomic E-state index is 8.70. The van der Waals surface area contributed by atoms with Crippen LogP contribution in [-0.2, 0) is 0 Å². The number of aromatic nitrogens is 5. The topological polar surface area (TPSA) is 107 Å².